The summed E-state index contributed by atoms with van der Waals surface area (Å²) in [6.45, 7) is 4.13. The summed E-state index contributed by atoms with van der Waals surface area (Å²) in [6, 6.07) is 8.13. The highest BCUT2D eigenvalue weighted by Gasteiger charge is 2.09. The Kier molecular flexibility index (Phi) is 14.1. The van der Waals surface area contributed by atoms with Crippen LogP contribution in [0.25, 0.3) is 0 Å². The molecule has 0 unspecified atom stereocenters. The first-order valence-corrected chi connectivity index (χ1v) is 13.1. The SMILES string of the molecule is CCCCCCCCCCC=CCc1c[nH]c(C(=O)O)c1.Cc1ccc(S(=O)(=O)NN)cc1. The monoisotopic (exact) mass is 477 g/mol. The topological polar surface area (TPSA) is 125 Å². The van der Waals surface area contributed by atoms with E-state index in [0.29, 0.717) is 0 Å². The average molecular weight is 478 g/mol. The van der Waals surface area contributed by atoms with Crippen LogP contribution in [-0.4, -0.2) is 24.5 Å². The number of rotatable bonds is 14. The lowest BCUT2D eigenvalue weighted by molar-refractivity contribution is 0.0691. The van der Waals surface area contributed by atoms with Crippen molar-refractivity contribution in [1.29, 1.82) is 0 Å². The van der Waals surface area contributed by atoms with Crippen LogP contribution in [0.15, 0.2) is 53.6 Å². The third kappa shape index (κ3) is 12.4. The minimum Gasteiger partial charge on any atom is -0.477 e. The number of aromatic amines is 1. The zero-order valence-corrected chi connectivity index (χ0v) is 20.7. The molecule has 2 rings (SSSR count). The van der Waals surface area contributed by atoms with Gasteiger partial charge >= 0.3 is 5.97 Å². The van der Waals surface area contributed by atoms with Crippen LogP contribution in [0.2, 0.25) is 0 Å². The maximum absolute atomic E-state index is 11.1. The first-order chi connectivity index (χ1) is 15.8. The largest absolute Gasteiger partial charge is 0.477 e. The second-order valence-corrected chi connectivity index (χ2v) is 9.81. The molecule has 0 aliphatic heterocycles. The lowest BCUT2D eigenvalue weighted by atomic mass is 10.1. The number of nitrogens with two attached hydrogens (primary N) is 1. The van der Waals surface area contributed by atoms with E-state index >= 15 is 0 Å². The van der Waals surface area contributed by atoms with Crippen LogP contribution in [0.4, 0.5) is 0 Å². The normalized spacial score (nSPS) is 11.4. The molecule has 0 saturated heterocycles. The van der Waals surface area contributed by atoms with Gasteiger partial charge in [-0.1, -0.05) is 81.7 Å². The Hall–Kier alpha value is -2.42. The lowest BCUT2D eigenvalue weighted by Gasteiger charge is -2.01. The maximum Gasteiger partial charge on any atom is 0.352 e. The minimum absolute atomic E-state index is 0.176. The number of aryl methyl sites for hydroxylation is 1. The third-order valence-electron chi connectivity index (χ3n) is 5.20. The number of H-pyrrole nitrogens is 1. The van der Waals surface area contributed by atoms with Gasteiger partial charge in [-0.25, -0.2) is 13.2 Å². The Labute approximate surface area is 198 Å². The van der Waals surface area contributed by atoms with Crippen molar-refractivity contribution in [2.75, 3.05) is 0 Å². The molecule has 184 valence electrons. The van der Waals surface area contributed by atoms with Crippen molar-refractivity contribution >= 4 is 16.0 Å². The number of benzene rings is 1. The van der Waals surface area contributed by atoms with Gasteiger partial charge in [-0.05, 0) is 49.9 Å². The number of hydrazine groups is 1. The fourth-order valence-corrected chi connectivity index (χ4v) is 3.83. The van der Waals surface area contributed by atoms with Crippen LogP contribution < -0.4 is 10.7 Å². The van der Waals surface area contributed by atoms with E-state index in [-0.39, 0.29) is 10.6 Å². The molecule has 0 saturated carbocycles. The van der Waals surface area contributed by atoms with Crippen molar-refractivity contribution < 1.29 is 18.3 Å². The highest BCUT2D eigenvalue weighted by Crippen LogP contribution is 2.11. The number of aromatic carboxylic acids is 1. The molecule has 2 aromatic rings. The summed E-state index contributed by atoms with van der Waals surface area (Å²) in [5.74, 6) is 3.94. The number of carboxylic acid groups (broad SMARTS) is 1. The fourth-order valence-electron chi connectivity index (χ4n) is 3.20. The highest BCUT2D eigenvalue weighted by atomic mass is 32.2. The summed E-state index contributed by atoms with van der Waals surface area (Å²) < 4.78 is 22.2. The zero-order chi connectivity index (χ0) is 24.5. The molecule has 7 nitrogen and oxygen atoms in total. The molecule has 0 bridgehead atoms. The number of carbonyl (C=O) groups is 1. The van der Waals surface area contributed by atoms with Crippen LogP contribution in [0.3, 0.4) is 0 Å². The Morgan fingerprint density at radius 1 is 1.03 bits per heavy atom. The van der Waals surface area contributed by atoms with Gasteiger partial charge in [0.15, 0.2) is 0 Å². The van der Waals surface area contributed by atoms with Crippen LogP contribution in [0, 0.1) is 6.92 Å². The Morgan fingerprint density at radius 3 is 2.18 bits per heavy atom. The molecule has 0 atom stereocenters. The zero-order valence-electron chi connectivity index (χ0n) is 19.8. The molecule has 0 spiro atoms. The van der Waals surface area contributed by atoms with Gasteiger partial charge in [0.25, 0.3) is 10.0 Å². The summed E-state index contributed by atoms with van der Waals surface area (Å²) in [6.07, 6.45) is 18.9. The van der Waals surface area contributed by atoms with E-state index in [1.165, 1.54) is 63.5 Å². The molecule has 8 heteroatoms. The second kappa shape index (κ2) is 16.2. The van der Waals surface area contributed by atoms with Crippen LogP contribution in [0.1, 0.15) is 86.3 Å². The average Bonchev–Trinajstić information content (AvgIpc) is 3.28. The standard InChI is InChI=1S/C18H29NO2.C7H10N2O2S/c1-2-3-4-5-6-7-8-9-10-11-12-13-16-14-17(18(20)21)19-15-16;1-6-2-4-7(5-3-6)12(10,11)9-8/h11-12,14-15,19H,2-10,13H2,1H3,(H,20,21);2-5,9H,8H2,1H3. The number of nitrogens with one attached hydrogen (secondary N) is 2. The molecule has 5 N–H and O–H groups in total. The van der Waals surface area contributed by atoms with Crippen LogP contribution in [0.5, 0.6) is 0 Å². The summed E-state index contributed by atoms with van der Waals surface area (Å²) in [4.78, 5) is 15.4. The van der Waals surface area contributed by atoms with Gasteiger partial charge in [0, 0.05) is 6.20 Å². The van der Waals surface area contributed by atoms with Gasteiger partial charge in [-0.2, -0.15) is 4.83 Å². The summed E-state index contributed by atoms with van der Waals surface area (Å²) in [5, 5.41) is 8.81. The van der Waals surface area contributed by atoms with Crippen molar-refractivity contribution in [1.82, 2.24) is 9.82 Å². The fraction of sp³-hybridized carbons (Fsp3) is 0.480. The van der Waals surface area contributed by atoms with Crippen LogP contribution >= 0.6 is 0 Å². The summed E-state index contributed by atoms with van der Waals surface area (Å²) in [7, 11) is -3.49. The smallest absolute Gasteiger partial charge is 0.352 e. The molecule has 1 aromatic heterocycles. The second-order valence-electron chi connectivity index (χ2n) is 8.10. The van der Waals surface area contributed by atoms with Crippen molar-refractivity contribution in [3.63, 3.8) is 0 Å². The Morgan fingerprint density at radius 2 is 1.64 bits per heavy atom. The molecule has 33 heavy (non-hydrogen) atoms. The van der Waals surface area contributed by atoms with Gasteiger partial charge in [0.1, 0.15) is 5.69 Å². The van der Waals surface area contributed by atoms with Gasteiger partial charge < -0.3 is 10.1 Å². The van der Waals surface area contributed by atoms with Crippen molar-refractivity contribution in [3.8, 4) is 0 Å². The molecule has 0 aliphatic carbocycles. The predicted molar refractivity (Wildman–Crippen MR) is 134 cm³/mol. The number of unbranched alkanes of at least 4 members (excludes halogenated alkanes) is 8. The van der Waals surface area contributed by atoms with E-state index in [9.17, 15) is 13.2 Å². The molecule has 0 amide bonds. The van der Waals surface area contributed by atoms with Crippen molar-refractivity contribution in [3.05, 3.63) is 65.5 Å². The van der Waals surface area contributed by atoms with Gasteiger partial charge in [0.05, 0.1) is 4.90 Å². The Balaban J connectivity index is 0.000000383. The highest BCUT2D eigenvalue weighted by molar-refractivity contribution is 7.89. The van der Waals surface area contributed by atoms with Gasteiger partial charge in [-0.3, -0.25) is 5.84 Å². The first-order valence-electron chi connectivity index (χ1n) is 11.6. The quantitative estimate of drug-likeness (QED) is 0.124. The van der Waals surface area contributed by atoms with Crippen molar-refractivity contribution in [2.45, 2.75) is 83.0 Å². The van der Waals surface area contributed by atoms with E-state index in [2.05, 4.69) is 24.1 Å². The van der Waals surface area contributed by atoms with E-state index in [4.69, 9.17) is 10.9 Å². The molecule has 0 aliphatic rings. The van der Waals surface area contributed by atoms with Gasteiger partial charge in [0.2, 0.25) is 0 Å². The Bertz CT molecular complexity index is 935. The van der Waals surface area contributed by atoms with E-state index in [0.717, 1.165) is 24.0 Å². The van der Waals surface area contributed by atoms with Crippen LogP contribution in [-0.2, 0) is 16.4 Å². The maximum atomic E-state index is 11.1. The number of hydrogen-bond donors (Lipinski definition) is 4. The minimum atomic E-state index is -3.49. The van der Waals surface area contributed by atoms with Crippen molar-refractivity contribution in [2.24, 2.45) is 5.84 Å². The molecular weight excluding hydrogens is 438 g/mol. The third-order valence-corrected chi connectivity index (χ3v) is 6.41. The van der Waals surface area contributed by atoms with Gasteiger partial charge in [-0.15, -0.1) is 0 Å². The molecular formula is C25H39N3O4S. The molecule has 0 fully saturated rings. The lowest BCUT2D eigenvalue weighted by Crippen LogP contribution is -2.30. The number of aromatic nitrogens is 1. The number of allylic oxidation sites excluding steroid dienone is 2. The number of carboxylic acids is 1. The molecule has 0 radical (unpaired) electrons. The molecule has 1 heterocycles. The molecule has 1 aromatic carbocycles. The summed E-state index contributed by atoms with van der Waals surface area (Å²) >= 11 is 0. The van der Waals surface area contributed by atoms with E-state index in [1.54, 1.807) is 29.2 Å². The first kappa shape index (κ1) is 28.6. The van der Waals surface area contributed by atoms with E-state index in [1.807, 2.05) is 6.92 Å². The predicted octanol–water partition coefficient (Wildman–Crippen LogP) is 5.49. The number of sulfonamides is 1. The summed E-state index contributed by atoms with van der Waals surface area (Å²) in [5.41, 5.74) is 2.30. The number of hydrogen-bond acceptors (Lipinski definition) is 4. The van der Waals surface area contributed by atoms with E-state index < -0.39 is 16.0 Å².